The number of nitrogens with zero attached hydrogens (tertiary/aromatic N) is 1. The minimum Gasteiger partial charge on any atom is -0.322 e. The Bertz CT molecular complexity index is 1550. The van der Waals surface area contributed by atoms with E-state index in [4.69, 9.17) is 11.6 Å². The average molecular weight is 576 g/mol. The number of carbonyl (C=O) groups excluding carboxylic acids is 1. The number of amides is 1. The highest BCUT2D eigenvalue weighted by atomic mass is 35.5. The van der Waals surface area contributed by atoms with Gasteiger partial charge in [-0.2, -0.15) is 4.31 Å². The van der Waals surface area contributed by atoms with Crippen LogP contribution in [0.1, 0.15) is 47.2 Å². The molecule has 2 N–H and O–H groups in total. The summed E-state index contributed by atoms with van der Waals surface area (Å²) in [5.74, 6) is -0.605. The second kappa shape index (κ2) is 11.4. The van der Waals surface area contributed by atoms with E-state index >= 15 is 0 Å². The van der Waals surface area contributed by atoms with Crippen molar-refractivity contribution in [1.29, 1.82) is 0 Å². The van der Waals surface area contributed by atoms with E-state index in [1.165, 1.54) is 46.8 Å². The van der Waals surface area contributed by atoms with Crippen molar-refractivity contribution < 1.29 is 21.6 Å². The van der Waals surface area contributed by atoms with Crippen molar-refractivity contribution in [3.63, 3.8) is 0 Å². The normalized spacial score (nSPS) is 15.0. The molecule has 38 heavy (non-hydrogen) atoms. The van der Waals surface area contributed by atoms with E-state index in [0.717, 1.165) is 36.8 Å². The molecular weight excluding hydrogens is 546 g/mol. The standard InChI is InChI=1S/C27H30ClN3O5S2/c1-19-7-8-20(2)26(17-19)30-37(33,34)22-11-9-21(10-12-22)29-27(32)24-18-23(13-14-25(24)28)38(35,36)31-15-5-3-4-6-16-31/h7-14,17-18,30H,3-6,15-16H2,1-2H3,(H,29,32). The van der Waals surface area contributed by atoms with Gasteiger partial charge in [0.25, 0.3) is 15.9 Å². The Labute approximate surface area is 229 Å². The van der Waals surface area contributed by atoms with Crippen LogP contribution in [-0.2, 0) is 20.0 Å². The van der Waals surface area contributed by atoms with Gasteiger partial charge in [-0.25, -0.2) is 16.8 Å². The van der Waals surface area contributed by atoms with Gasteiger partial charge in [-0.3, -0.25) is 9.52 Å². The van der Waals surface area contributed by atoms with E-state index in [1.807, 2.05) is 26.0 Å². The summed E-state index contributed by atoms with van der Waals surface area (Å²) in [5.41, 5.74) is 2.55. The fourth-order valence-corrected chi connectivity index (χ4v) is 7.10. The van der Waals surface area contributed by atoms with Gasteiger partial charge in [0, 0.05) is 18.8 Å². The van der Waals surface area contributed by atoms with Gasteiger partial charge in [-0.1, -0.05) is 36.6 Å². The predicted molar refractivity (Wildman–Crippen MR) is 150 cm³/mol. The van der Waals surface area contributed by atoms with Crippen LogP contribution in [-0.4, -0.2) is 40.1 Å². The van der Waals surface area contributed by atoms with Crippen LogP contribution in [0.3, 0.4) is 0 Å². The molecule has 202 valence electrons. The number of hydrogen-bond donors (Lipinski definition) is 2. The second-order valence-corrected chi connectivity index (χ2v) is 13.4. The van der Waals surface area contributed by atoms with Gasteiger partial charge >= 0.3 is 0 Å². The fourth-order valence-electron chi connectivity index (χ4n) is 4.24. The molecule has 0 saturated carbocycles. The summed E-state index contributed by atoms with van der Waals surface area (Å²) < 4.78 is 56.1. The zero-order valence-electron chi connectivity index (χ0n) is 21.2. The minimum absolute atomic E-state index is 0.00732. The lowest BCUT2D eigenvalue weighted by Gasteiger charge is -2.20. The maximum Gasteiger partial charge on any atom is 0.261 e. The van der Waals surface area contributed by atoms with Gasteiger partial charge in [0.1, 0.15) is 0 Å². The van der Waals surface area contributed by atoms with Crippen molar-refractivity contribution in [1.82, 2.24) is 4.31 Å². The first-order valence-electron chi connectivity index (χ1n) is 12.3. The highest BCUT2D eigenvalue weighted by Crippen LogP contribution is 2.27. The molecule has 0 atom stereocenters. The van der Waals surface area contributed by atoms with Gasteiger partial charge < -0.3 is 5.32 Å². The van der Waals surface area contributed by atoms with Crippen molar-refractivity contribution in [2.45, 2.75) is 49.3 Å². The third-order valence-corrected chi connectivity index (χ3v) is 10.1. The lowest BCUT2D eigenvalue weighted by molar-refractivity contribution is 0.102. The molecule has 1 amide bonds. The molecule has 0 aliphatic carbocycles. The van der Waals surface area contributed by atoms with Crippen LogP contribution in [0.15, 0.2) is 70.5 Å². The highest BCUT2D eigenvalue weighted by Gasteiger charge is 2.27. The zero-order chi connectivity index (χ0) is 27.5. The van der Waals surface area contributed by atoms with Crippen molar-refractivity contribution in [2.24, 2.45) is 0 Å². The summed E-state index contributed by atoms with van der Waals surface area (Å²) in [4.78, 5) is 13.0. The summed E-state index contributed by atoms with van der Waals surface area (Å²) in [6, 6.07) is 15.3. The molecule has 8 nitrogen and oxygen atoms in total. The lowest BCUT2D eigenvalue weighted by atomic mass is 10.1. The third-order valence-electron chi connectivity index (χ3n) is 6.45. The molecule has 1 aliphatic rings. The number of benzene rings is 3. The van der Waals surface area contributed by atoms with Crippen LogP contribution >= 0.6 is 11.6 Å². The Kier molecular flexibility index (Phi) is 8.46. The van der Waals surface area contributed by atoms with E-state index in [1.54, 1.807) is 6.07 Å². The average Bonchev–Trinajstić information content (AvgIpc) is 3.17. The highest BCUT2D eigenvalue weighted by molar-refractivity contribution is 7.92. The predicted octanol–water partition coefficient (Wildman–Crippen LogP) is 5.57. The number of anilines is 2. The lowest BCUT2D eigenvalue weighted by Crippen LogP contribution is -2.32. The molecule has 1 fully saturated rings. The van der Waals surface area contributed by atoms with Crippen LogP contribution in [0.25, 0.3) is 0 Å². The topological polar surface area (TPSA) is 113 Å². The molecule has 1 saturated heterocycles. The quantitative estimate of drug-likeness (QED) is 0.382. The van der Waals surface area contributed by atoms with Gasteiger partial charge in [-0.15, -0.1) is 0 Å². The molecule has 11 heteroatoms. The molecule has 3 aromatic carbocycles. The number of rotatable bonds is 7. The van der Waals surface area contributed by atoms with Crippen molar-refractivity contribution in [3.8, 4) is 0 Å². The number of aryl methyl sites for hydroxylation is 2. The van der Waals surface area contributed by atoms with E-state index < -0.39 is 26.0 Å². The van der Waals surface area contributed by atoms with Crippen molar-refractivity contribution in [3.05, 3.63) is 82.4 Å². The van der Waals surface area contributed by atoms with Crippen molar-refractivity contribution in [2.75, 3.05) is 23.1 Å². The van der Waals surface area contributed by atoms with Gasteiger partial charge in [0.15, 0.2) is 0 Å². The van der Waals surface area contributed by atoms with Crippen LogP contribution in [0.5, 0.6) is 0 Å². The number of halogens is 1. The van der Waals surface area contributed by atoms with Gasteiger partial charge in [0.05, 0.1) is 26.1 Å². The number of sulfonamides is 2. The zero-order valence-corrected chi connectivity index (χ0v) is 23.6. The second-order valence-electron chi connectivity index (χ2n) is 9.36. The first kappa shape index (κ1) is 28.1. The van der Waals surface area contributed by atoms with Crippen molar-refractivity contribution >= 4 is 48.9 Å². The Morgan fingerprint density at radius 3 is 2.11 bits per heavy atom. The summed E-state index contributed by atoms with van der Waals surface area (Å²) in [6.45, 7) is 4.58. The van der Waals surface area contributed by atoms with Gasteiger partial charge in [0.2, 0.25) is 10.0 Å². The molecule has 0 bridgehead atoms. The van der Waals surface area contributed by atoms with Crippen LogP contribution < -0.4 is 10.0 Å². The molecule has 1 heterocycles. The van der Waals surface area contributed by atoms with E-state index in [9.17, 15) is 21.6 Å². The SMILES string of the molecule is Cc1ccc(C)c(NS(=O)(=O)c2ccc(NC(=O)c3cc(S(=O)(=O)N4CCCCCC4)ccc3Cl)cc2)c1. The monoisotopic (exact) mass is 575 g/mol. The molecule has 0 radical (unpaired) electrons. The Balaban J connectivity index is 1.51. The maximum absolute atomic E-state index is 13.2. The summed E-state index contributed by atoms with van der Waals surface area (Å²) in [7, 11) is -7.61. The number of carbonyl (C=O) groups is 1. The van der Waals surface area contributed by atoms with Gasteiger partial charge in [-0.05, 0) is 86.3 Å². The molecule has 0 aromatic heterocycles. The number of nitrogens with one attached hydrogen (secondary N) is 2. The Morgan fingerprint density at radius 2 is 1.45 bits per heavy atom. The fraction of sp³-hybridized carbons (Fsp3) is 0.296. The third kappa shape index (κ3) is 6.37. The first-order chi connectivity index (χ1) is 18.0. The van der Waals surface area contributed by atoms with Crippen LogP contribution in [0.4, 0.5) is 11.4 Å². The van der Waals surface area contributed by atoms with E-state index in [0.29, 0.717) is 24.5 Å². The molecule has 1 aliphatic heterocycles. The summed E-state index contributed by atoms with van der Waals surface area (Å²) >= 11 is 6.25. The largest absolute Gasteiger partial charge is 0.322 e. The molecular formula is C27H30ClN3O5S2. The maximum atomic E-state index is 13.2. The summed E-state index contributed by atoms with van der Waals surface area (Å²) in [5, 5.41) is 2.77. The smallest absolute Gasteiger partial charge is 0.261 e. The van der Waals surface area contributed by atoms with E-state index in [2.05, 4.69) is 10.0 Å². The Morgan fingerprint density at radius 1 is 0.816 bits per heavy atom. The van der Waals surface area contributed by atoms with Crippen LogP contribution in [0.2, 0.25) is 5.02 Å². The summed E-state index contributed by atoms with van der Waals surface area (Å²) in [6.07, 6.45) is 3.57. The van der Waals surface area contributed by atoms with E-state index in [-0.39, 0.29) is 20.4 Å². The molecule has 4 rings (SSSR count). The number of hydrogen-bond acceptors (Lipinski definition) is 5. The first-order valence-corrected chi connectivity index (χ1v) is 15.6. The Hall–Kier alpha value is -2.92. The molecule has 0 spiro atoms. The van der Waals surface area contributed by atoms with Crippen LogP contribution in [0, 0.1) is 13.8 Å². The minimum atomic E-state index is -3.85. The molecule has 3 aromatic rings. The molecule has 0 unspecified atom stereocenters.